The summed E-state index contributed by atoms with van der Waals surface area (Å²) in [6.07, 6.45) is 8.99. The Morgan fingerprint density at radius 3 is 2.70 bits per heavy atom. The Morgan fingerprint density at radius 1 is 1.24 bits per heavy atom. The average Bonchev–Trinajstić information content (AvgIpc) is 3.25. The molecule has 2 saturated carbocycles. The van der Waals surface area contributed by atoms with Crippen LogP contribution in [0.2, 0.25) is 5.02 Å². The first-order valence-electron chi connectivity index (χ1n) is 11.6. The minimum absolute atomic E-state index is 0.0508. The van der Waals surface area contributed by atoms with Gasteiger partial charge in [0.15, 0.2) is 0 Å². The molecular weight excluding hydrogens is 460 g/mol. The molecule has 0 saturated heterocycles. The predicted molar refractivity (Wildman–Crippen MR) is 131 cm³/mol. The molecule has 0 unspecified atom stereocenters. The Balaban J connectivity index is 1.41. The fourth-order valence-corrected chi connectivity index (χ4v) is 5.35. The molecule has 0 radical (unpaired) electrons. The molecule has 2 aliphatic carbocycles. The first kappa shape index (κ1) is 23.8. The number of hydrogen-bond acceptors (Lipinski definition) is 6. The van der Waals surface area contributed by atoms with Crippen LogP contribution >= 0.6 is 22.9 Å². The van der Waals surface area contributed by atoms with E-state index in [2.05, 4.69) is 20.9 Å². The molecule has 33 heavy (non-hydrogen) atoms. The quantitative estimate of drug-likeness (QED) is 0.439. The molecule has 7 nitrogen and oxygen atoms in total. The van der Waals surface area contributed by atoms with Gasteiger partial charge in [0, 0.05) is 17.1 Å². The predicted octanol–water partition coefficient (Wildman–Crippen LogP) is 4.94. The monoisotopic (exact) mass is 490 g/mol. The number of ether oxygens (including phenoxy) is 1. The van der Waals surface area contributed by atoms with Crippen LogP contribution in [0.3, 0.4) is 0 Å². The second-order valence-corrected chi connectivity index (χ2v) is 10.5. The number of hydrogen-bond donors (Lipinski definition) is 3. The summed E-state index contributed by atoms with van der Waals surface area (Å²) in [4.78, 5) is 31.6. The SMILES string of the molecule is COc1ncc(Cl)cc1N[C@@H](C)c1ccc(C(=O)N[C@@H](CC2CCCC2)C(=O)NC2CC2)s1. The number of rotatable bonds is 10. The number of nitrogens with one attached hydrogen (secondary N) is 3. The van der Waals surface area contributed by atoms with E-state index in [1.807, 2.05) is 19.1 Å². The van der Waals surface area contributed by atoms with E-state index in [0.717, 1.165) is 30.6 Å². The summed E-state index contributed by atoms with van der Waals surface area (Å²) in [6, 6.07) is 5.21. The summed E-state index contributed by atoms with van der Waals surface area (Å²) >= 11 is 7.49. The van der Waals surface area contributed by atoms with Crippen molar-refractivity contribution in [3.05, 3.63) is 39.2 Å². The first-order valence-corrected chi connectivity index (χ1v) is 12.8. The van der Waals surface area contributed by atoms with Gasteiger partial charge in [-0.25, -0.2) is 4.98 Å². The van der Waals surface area contributed by atoms with E-state index in [4.69, 9.17) is 16.3 Å². The Bertz CT molecular complexity index is 988. The third-order valence-corrected chi connectivity index (χ3v) is 7.72. The number of carbonyl (C=O) groups excluding carboxylic acids is 2. The van der Waals surface area contributed by atoms with Gasteiger partial charge in [0.25, 0.3) is 5.91 Å². The number of aromatic nitrogens is 1. The molecule has 0 aliphatic heterocycles. The zero-order valence-electron chi connectivity index (χ0n) is 19.0. The Morgan fingerprint density at radius 2 is 2.00 bits per heavy atom. The second kappa shape index (κ2) is 10.7. The standard InChI is InChI=1S/C24H31ClN4O3S/c1-14(27-19-12-16(25)13-26-24(19)32-2)20-9-10-21(33-20)23(31)29-18(11-15-5-3-4-6-15)22(30)28-17-7-8-17/h9-10,12-15,17-18,27H,3-8,11H2,1-2H3,(H,28,30)(H,29,31)/t14-,18-/m0/s1. The van der Waals surface area contributed by atoms with Crippen molar-refractivity contribution < 1.29 is 14.3 Å². The normalized spacial score (nSPS) is 17.9. The summed E-state index contributed by atoms with van der Waals surface area (Å²) < 4.78 is 5.30. The van der Waals surface area contributed by atoms with E-state index < -0.39 is 6.04 Å². The van der Waals surface area contributed by atoms with Crippen LogP contribution in [0.25, 0.3) is 0 Å². The first-order chi connectivity index (χ1) is 15.9. The highest BCUT2D eigenvalue weighted by atomic mass is 35.5. The van der Waals surface area contributed by atoms with Crippen LogP contribution in [0.5, 0.6) is 5.88 Å². The molecule has 0 bridgehead atoms. The topological polar surface area (TPSA) is 92.3 Å². The van der Waals surface area contributed by atoms with E-state index in [0.29, 0.717) is 33.8 Å². The zero-order chi connectivity index (χ0) is 23.4. The lowest BCUT2D eigenvalue weighted by Crippen LogP contribution is -2.48. The maximum Gasteiger partial charge on any atom is 0.262 e. The van der Waals surface area contributed by atoms with Crippen LogP contribution in [0.4, 0.5) is 5.69 Å². The summed E-state index contributed by atoms with van der Waals surface area (Å²) in [5.74, 6) is 0.710. The molecule has 178 valence electrons. The number of pyridine rings is 1. The lowest BCUT2D eigenvalue weighted by atomic mass is 9.97. The average molecular weight is 491 g/mol. The van der Waals surface area contributed by atoms with E-state index in [1.165, 1.54) is 30.4 Å². The number of carbonyl (C=O) groups is 2. The summed E-state index contributed by atoms with van der Waals surface area (Å²) in [5.41, 5.74) is 0.685. The molecule has 2 aromatic rings. The van der Waals surface area contributed by atoms with Crippen molar-refractivity contribution in [1.29, 1.82) is 0 Å². The Hall–Kier alpha value is -2.32. The molecule has 9 heteroatoms. The lowest BCUT2D eigenvalue weighted by Gasteiger charge is -2.21. The molecular formula is C24H31ClN4O3S. The summed E-state index contributed by atoms with van der Waals surface area (Å²) in [5, 5.41) is 9.93. The number of halogens is 1. The van der Waals surface area contributed by atoms with Gasteiger partial charge in [-0.15, -0.1) is 11.3 Å². The smallest absolute Gasteiger partial charge is 0.262 e. The van der Waals surface area contributed by atoms with Crippen molar-refractivity contribution >= 4 is 40.4 Å². The van der Waals surface area contributed by atoms with Gasteiger partial charge >= 0.3 is 0 Å². The molecule has 2 aromatic heterocycles. The van der Waals surface area contributed by atoms with Crippen molar-refractivity contribution in [1.82, 2.24) is 15.6 Å². The van der Waals surface area contributed by atoms with E-state index in [-0.39, 0.29) is 23.9 Å². The molecule has 2 heterocycles. The fourth-order valence-electron chi connectivity index (χ4n) is 4.27. The Labute approximate surface area is 203 Å². The van der Waals surface area contributed by atoms with Crippen LogP contribution in [-0.2, 0) is 4.79 Å². The highest BCUT2D eigenvalue weighted by molar-refractivity contribution is 7.14. The lowest BCUT2D eigenvalue weighted by molar-refractivity contribution is -0.123. The van der Waals surface area contributed by atoms with Gasteiger partial charge in [-0.2, -0.15) is 0 Å². The number of anilines is 1. The van der Waals surface area contributed by atoms with Crippen LogP contribution in [-0.4, -0.2) is 36.0 Å². The van der Waals surface area contributed by atoms with Crippen LogP contribution in [0, 0.1) is 5.92 Å². The minimum atomic E-state index is -0.482. The van der Waals surface area contributed by atoms with Crippen LogP contribution < -0.4 is 20.7 Å². The van der Waals surface area contributed by atoms with E-state index >= 15 is 0 Å². The molecule has 2 amide bonds. The van der Waals surface area contributed by atoms with Crippen LogP contribution in [0.1, 0.15) is 72.5 Å². The van der Waals surface area contributed by atoms with E-state index in [9.17, 15) is 9.59 Å². The molecule has 3 N–H and O–H groups in total. The molecule has 2 atom stereocenters. The fraction of sp³-hybridized carbons (Fsp3) is 0.542. The molecule has 0 spiro atoms. The minimum Gasteiger partial charge on any atom is -0.480 e. The largest absolute Gasteiger partial charge is 0.480 e. The van der Waals surface area contributed by atoms with Gasteiger partial charge in [-0.3, -0.25) is 9.59 Å². The number of nitrogens with zero attached hydrogens (tertiary/aromatic N) is 1. The highest BCUT2D eigenvalue weighted by Gasteiger charge is 2.31. The maximum absolute atomic E-state index is 13.0. The summed E-state index contributed by atoms with van der Waals surface area (Å²) in [7, 11) is 1.56. The number of thiophene rings is 1. The van der Waals surface area contributed by atoms with Gasteiger partial charge in [-0.1, -0.05) is 37.3 Å². The van der Waals surface area contributed by atoms with Crippen molar-refractivity contribution in [3.63, 3.8) is 0 Å². The Kier molecular flexibility index (Phi) is 7.75. The third kappa shape index (κ3) is 6.38. The molecule has 2 fully saturated rings. The van der Waals surface area contributed by atoms with Gasteiger partial charge in [0.2, 0.25) is 11.8 Å². The van der Waals surface area contributed by atoms with Crippen molar-refractivity contribution in [2.45, 2.75) is 70.0 Å². The van der Waals surface area contributed by atoms with Crippen molar-refractivity contribution in [2.24, 2.45) is 5.92 Å². The van der Waals surface area contributed by atoms with Crippen LogP contribution in [0.15, 0.2) is 24.4 Å². The highest BCUT2D eigenvalue weighted by Crippen LogP contribution is 2.32. The van der Waals surface area contributed by atoms with Gasteiger partial charge < -0.3 is 20.7 Å². The number of methoxy groups -OCH3 is 1. The zero-order valence-corrected chi connectivity index (χ0v) is 20.6. The summed E-state index contributed by atoms with van der Waals surface area (Å²) in [6.45, 7) is 2.00. The van der Waals surface area contributed by atoms with E-state index in [1.54, 1.807) is 13.2 Å². The van der Waals surface area contributed by atoms with Crippen molar-refractivity contribution in [3.8, 4) is 5.88 Å². The molecule has 0 aromatic carbocycles. The van der Waals surface area contributed by atoms with Gasteiger partial charge in [-0.05, 0) is 50.3 Å². The maximum atomic E-state index is 13.0. The number of amides is 2. The van der Waals surface area contributed by atoms with Crippen molar-refractivity contribution in [2.75, 3.05) is 12.4 Å². The van der Waals surface area contributed by atoms with Gasteiger partial charge in [0.05, 0.1) is 28.7 Å². The molecule has 2 aliphatic rings. The third-order valence-electron chi connectivity index (χ3n) is 6.25. The molecule has 4 rings (SSSR count). The van der Waals surface area contributed by atoms with Gasteiger partial charge in [0.1, 0.15) is 6.04 Å². The second-order valence-electron chi connectivity index (χ2n) is 8.97.